The maximum atomic E-state index is 10.9. The lowest BCUT2D eigenvalue weighted by Gasteiger charge is -2.17. The Labute approximate surface area is 95.4 Å². The van der Waals surface area contributed by atoms with Gasteiger partial charge in [0, 0.05) is 6.61 Å². The third-order valence-corrected chi connectivity index (χ3v) is 2.40. The number of carbonyl (C=O) groups excluding carboxylic acids is 2. The Morgan fingerprint density at radius 2 is 1.88 bits per heavy atom. The Morgan fingerprint density at radius 3 is 2.38 bits per heavy atom. The van der Waals surface area contributed by atoms with E-state index >= 15 is 0 Å². The van der Waals surface area contributed by atoms with Gasteiger partial charge in [-0.05, 0) is 18.9 Å². The molecule has 86 valence electrons. The summed E-state index contributed by atoms with van der Waals surface area (Å²) in [6, 6.07) is 9.61. The molecule has 0 aliphatic carbocycles. The second-order valence-electron chi connectivity index (χ2n) is 3.55. The first-order valence-electron chi connectivity index (χ1n) is 5.38. The standard InChI is InChI=1S/C13H16O3/c1-2-16-13(10-15)12(9-14)8-11-6-4-3-5-7-11/h3-7,9-10,12-13H,2,8H2,1H3. The van der Waals surface area contributed by atoms with E-state index in [0.717, 1.165) is 11.8 Å². The van der Waals surface area contributed by atoms with Gasteiger partial charge in [-0.25, -0.2) is 0 Å². The van der Waals surface area contributed by atoms with Crippen LogP contribution in [-0.4, -0.2) is 25.3 Å². The summed E-state index contributed by atoms with van der Waals surface area (Å²) >= 11 is 0. The van der Waals surface area contributed by atoms with E-state index in [1.165, 1.54) is 0 Å². The van der Waals surface area contributed by atoms with E-state index in [1.54, 1.807) is 6.92 Å². The molecule has 16 heavy (non-hydrogen) atoms. The number of ether oxygens (including phenoxy) is 1. The molecule has 1 rings (SSSR count). The molecule has 0 aliphatic heterocycles. The van der Waals surface area contributed by atoms with E-state index in [0.29, 0.717) is 19.3 Å². The van der Waals surface area contributed by atoms with E-state index in [4.69, 9.17) is 4.74 Å². The van der Waals surface area contributed by atoms with Gasteiger partial charge in [-0.2, -0.15) is 0 Å². The molecule has 0 aromatic heterocycles. The number of carbonyl (C=O) groups is 2. The summed E-state index contributed by atoms with van der Waals surface area (Å²) in [5.41, 5.74) is 1.03. The van der Waals surface area contributed by atoms with Gasteiger partial charge in [0.25, 0.3) is 0 Å². The number of benzene rings is 1. The van der Waals surface area contributed by atoms with Gasteiger partial charge in [-0.1, -0.05) is 30.3 Å². The van der Waals surface area contributed by atoms with Crippen LogP contribution in [0.2, 0.25) is 0 Å². The zero-order valence-corrected chi connectivity index (χ0v) is 9.34. The molecule has 0 amide bonds. The number of hydrogen-bond acceptors (Lipinski definition) is 3. The molecular weight excluding hydrogens is 204 g/mol. The van der Waals surface area contributed by atoms with Crippen LogP contribution in [0.3, 0.4) is 0 Å². The molecule has 1 aromatic carbocycles. The van der Waals surface area contributed by atoms with Gasteiger partial charge >= 0.3 is 0 Å². The molecule has 3 heteroatoms. The van der Waals surface area contributed by atoms with Crippen LogP contribution in [0.5, 0.6) is 0 Å². The van der Waals surface area contributed by atoms with Crippen LogP contribution in [-0.2, 0) is 20.7 Å². The minimum absolute atomic E-state index is 0.403. The molecule has 0 radical (unpaired) electrons. The van der Waals surface area contributed by atoms with Crippen molar-refractivity contribution in [2.45, 2.75) is 19.4 Å². The lowest BCUT2D eigenvalue weighted by molar-refractivity contribution is -0.127. The van der Waals surface area contributed by atoms with Crippen molar-refractivity contribution in [2.75, 3.05) is 6.61 Å². The van der Waals surface area contributed by atoms with Crippen LogP contribution < -0.4 is 0 Å². The summed E-state index contributed by atoms with van der Waals surface area (Å²) in [6.07, 6.45) is 1.39. The third kappa shape index (κ3) is 3.59. The summed E-state index contributed by atoms with van der Waals surface area (Å²) in [7, 11) is 0. The number of aldehydes is 2. The Balaban J connectivity index is 2.67. The van der Waals surface area contributed by atoms with Gasteiger partial charge in [-0.15, -0.1) is 0 Å². The molecular formula is C13H16O3. The molecule has 0 N–H and O–H groups in total. The van der Waals surface area contributed by atoms with Crippen molar-refractivity contribution in [3.8, 4) is 0 Å². The van der Waals surface area contributed by atoms with E-state index in [9.17, 15) is 9.59 Å². The quantitative estimate of drug-likeness (QED) is 0.656. The highest BCUT2D eigenvalue weighted by atomic mass is 16.5. The van der Waals surface area contributed by atoms with Crippen molar-refractivity contribution < 1.29 is 14.3 Å². The first-order chi connectivity index (χ1) is 7.81. The number of hydrogen-bond donors (Lipinski definition) is 0. The summed E-state index contributed by atoms with van der Waals surface area (Å²) in [5, 5.41) is 0. The van der Waals surface area contributed by atoms with Crippen LogP contribution in [0.15, 0.2) is 30.3 Å². The molecule has 0 bridgehead atoms. The van der Waals surface area contributed by atoms with Crippen molar-refractivity contribution in [1.29, 1.82) is 0 Å². The van der Waals surface area contributed by atoms with Gasteiger partial charge in [0.2, 0.25) is 0 Å². The summed E-state index contributed by atoms with van der Waals surface area (Å²) in [4.78, 5) is 21.7. The zero-order chi connectivity index (χ0) is 11.8. The molecule has 2 atom stereocenters. The summed E-state index contributed by atoms with van der Waals surface area (Å²) < 4.78 is 5.22. The average Bonchev–Trinajstić information content (AvgIpc) is 2.35. The summed E-state index contributed by atoms with van der Waals surface area (Å²) in [6.45, 7) is 2.24. The van der Waals surface area contributed by atoms with Gasteiger partial charge < -0.3 is 14.3 Å². The first-order valence-corrected chi connectivity index (χ1v) is 5.38. The third-order valence-electron chi connectivity index (χ3n) is 2.40. The van der Waals surface area contributed by atoms with Gasteiger partial charge in [-0.3, -0.25) is 0 Å². The van der Waals surface area contributed by atoms with Crippen LogP contribution in [0, 0.1) is 5.92 Å². The van der Waals surface area contributed by atoms with E-state index in [-0.39, 0.29) is 0 Å². The molecule has 0 saturated carbocycles. The fourth-order valence-electron chi connectivity index (χ4n) is 1.58. The fourth-order valence-corrected chi connectivity index (χ4v) is 1.58. The van der Waals surface area contributed by atoms with E-state index in [1.807, 2.05) is 30.3 Å². The topological polar surface area (TPSA) is 43.4 Å². The minimum atomic E-state index is -0.636. The molecule has 0 heterocycles. The minimum Gasteiger partial charge on any atom is -0.370 e. The Bertz CT molecular complexity index is 321. The van der Waals surface area contributed by atoms with Crippen molar-refractivity contribution in [2.24, 2.45) is 5.92 Å². The fraction of sp³-hybridized carbons (Fsp3) is 0.385. The SMILES string of the molecule is CCOC(C=O)C(C=O)Cc1ccccc1. The van der Waals surface area contributed by atoms with Crippen LogP contribution >= 0.6 is 0 Å². The smallest absolute Gasteiger partial charge is 0.149 e. The molecule has 3 nitrogen and oxygen atoms in total. The second-order valence-corrected chi connectivity index (χ2v) is 3.55. The second kappa shape index (κ2) is 6.90. The predicted octanol–water partition coefficient (Wildman–Crippen LogP) is 1.65. The van der Waals surface area contributed by atoms with E-state index in [2.05, 4.69) is 0 Å². The Hall–Kier alpha value is -1.48. The highest BCUT2D eigenvalue weighted by molar-refractivity contribution is 5.67. The van der Waals surface area contributed by atoms with Crippen LogP contribution in [0.25, 0.3) is 0 Å². The monoisotopic (exact) mass is 220 g/mol. The Morgan fingerprint density at radius 1 is 1.19 bits per heavy atom. The first kappa shape index (κ1) is 12.6. The van der Waals surface area contributed by atoms with Gasteiger partial charge in [0.05, 0.1) is 5.92 Å². The molecule has 0 spiro atoms. The average molecular weight is 220 g/mol. The highest BCUT2D eigenvalue weighted by Gasteiger charge is 2.20. The van der Waals surface area contributed by atoms with Crippen LogP contribution in [0.1, 0.15) is 12.5 Å². The normalized spacial score (nSPS) is 14.1. The number of rotatable bonds is 7. The van der Waals surface area contributed by atoms with Crippen molar-refractivity contribution in [3.63, 3.8) is 0 Å². The Kier molecular flexibility index (Phi) is 5.43. The summed E-state index contributed by atoms with van der Waals surface area (Å²) in [5.74, 6) is -0.403. The molecule has 0 aliphatic rings. The van der Waals surface area contributed by atoms with Crippen molar-refractivity contribution in [3.05, 3.63) is 35.9 Å². The molecule has 0 saturated heterocycles. The van der Waals surface area contributed by atoms with E-state index < -0.39 is 12.0 Å². The van der Waals surface area contributed by atoms with Gasteiger partial charge in [0.1, 0.15) is 18.7 Å². The molecule has 2 unspecified atom stereocenters. The van der Waals surface area contributed by atoms with Crippen LogP contribution in [0.4, 0.5) is 0 Å². The maximum absolute atomic E-state index is 10.9. The molecule has 1 aromatic rings. The predicted molar refractivity (Wildman–Crippen MR) is 61.2 cm³/mol. The van der Waals surface area contributed by atoms with Crippen molar-refractivity contribution >= 4 is 12.6 Å². The maximum Gasteiger partial charge on any atom is 0.149 e. The largest absolute Gasteiger partial charge is 0.370 e. The lowest BCUT2D eigenvalue weighted by atomic mass is 9.96. The molecule has 0 fully saturated rings. The highest BCUT2D eigenvalue weighted by Crippen LogP contribution is 2.12. The van der Waals surface area contributed by atoms with Gasteiger partial charge in [0.15, 0.2) is 0 Å². The van der Waals surface area contributed by atoms with Crippen molar-refractivity contribution in [1.82, 2.24) is 0 Å². The zero-order valence-electron chi connectivity index (χ0n) is 9.34. The lowest BCUT2D eigenvalue weighted by Crippen LogP contribution is -2.28.